The number of carbonyl (C=O) groups excluding carboxylic acids is 2. The third-order valence-electron chi connectivity index (χ3n) is 2.58. The minimum Gasteiger partial charge on any atom is -0.476 e. The molecule has 110 valence electrons. The molecule has 0 atom stereocenters. The molecule has 0 fully saturated rings. The zero-order chi connectivity index (χ0) is 15.2. The summed E-state index contributed by atoms with van der Waals surface area (Å²) in [7, 11) is 0. The number of esters is 1. The lowest BCUT2D eigenvalue weighted by Crippen LogP contribution is -2.39. The van der Waals surface area contributed by atoms with E-state index >= 15 is 0 Å². The Labute approximate surface area is 117 Å². The summed E-state index contributed by atoms with van der Waals surface area (Å²) in [6, 6.07) is 5.40. The highest BCUT2D eigenvalue weighted by Crippen LogP contribution is 2.20. The molecule has 0 saturated heterocycles. The highest BCUT2D eigenvalue weighted by molar-refractivity contribution is 5.79. The van der Waals surface area contributed by atoms with Crippen molar-refractivity contribution in [2.75, 3.05) is 6.61 Å². The van der Waals surface area contributed by atoms with Crippen molar-refractivity contribution in [3.63, 3.8) is 0 Å². The van der Waals surface area contributed by atoms with Gasteiger partial charge in [-0.1, -0.05) is 0 Å². The van der Waals surface area contributed by atoms with Gasteiger partial charge < -0.3 is 14.3 Å². The second-order valence-electron chi connectivity index (χ2n) is 5.01. The summed E-state index contributed by atoms with van der Waals surface area (Å²) in [5, 5.41) is 0. The molecule has 0 unspecified atom stereocenters. The van der Waals surface area contributed by atoms with E-state index in [4.69, 9.17) is 9.47 Å². The van der Waals surface area contributed by atoms with Gasteiger partial charge in [-0.25, -0.2) is 9.18 Å². The van der Waals surface area contributed by atoms with Crippen LogP contribution in [0.25, 0.3) is 0 Å². The summed E-state index contributed by atoms with van der Waals surface area (Å²) in [6.07, 6.45) is 0.875. The molecule has 0 aromatic heterocycles. The van der Waals surface area contributed by atoms with Crippen LogP contribution in [-0.2, 0) is 14.3 Å². The average Bonchev–Trinajstić information content (AvgIpc) is 2.36. The fraction of sp³-hybridized carbons (Fsp3) is 0.467. The number of ether oxygens (including phenoxy) is 2. The van der Waals surface area contributed by atoms with Crippen LogP contribution >= 0.6 is 0 Å². The SMILES string of the molecule is CC(=O)CCCOC(=O)C(C)(C)Oc1ccc(F)cc1. The maximum Gasteiger partial charge on any atom is 0.349 e. The lowest BCUT2D eigenvalue weighted by atomic mass is 10.1. The Morgan fingerprint density at radius 3 is 2.35 bits per heavy atom. The summed E-state index contributed by atoms with van der Waals surface area (Å²) in [4.78, 5) is 22.6. The van der Waals surface area contributed by atoms with Crippen LogP contribution in [0.5, 0.6) is 5.75 Å². The van der Waals surface area contributed by atoms with Crippen molar-refractivity contribution in [3.05, 3.63) is 30.1 Å². The van der Waals surface area contributed by atoms with E-state index in [-0.39, 0.29) is 18.2 Å². The summed E-state index contributed by atoms with van der Waals surface area (Å²) in [6.45, 7) is 4.81. The lowest BCUT2D eigenvalue weighted by Gasteiger charge is -2.24. The van der Waals surface area contributed by atoms with Crippen molar-refractivity contribution in [3.8, 4) is 5.75 Å². The second-order valence-corrected chi connectivity index (χ2v) is 5.01. The van der Waals surface area contributed by atoms with Gasteiger partial charge in [0, 0.05) is 6.42 Å². The predicted molar refractivity (Wildman–Crippen MR) is 72.0 cm³/mol. The summed E-state index contributed by atoms with van der Waals surface area (Å²) < 4.78 is 23.3. The van der Waals surface area contributed by atoms with Crippen LogP contribution in [0.3, 0.4) is 0 Å². The number of benzene rings is 1. The van der Waals surface area contributed by atoms with Gasteiger partial charge in [-0.3, -0.25) is 0 Å². The molecule has 0 spiro atoms. The van der Waals surface area contributed by atoms with Crippen LogP contribution in [0.1, 0.15) is 33.6 Å². The first-order valence-electron chi connectivity index (χ1n) is 6.42. The molecule has 0 bridgehead atoms. The van der Waals surface area contributed by atoms with Gasteiger partial charge in [0.15, 0.2) is 5.60 Å². The molecule has 4 nitrogen and oxygen atoms in total. The van der Waals surface area contributed by atoms with Crippen LogP contribution in [-0.4, -0.2) is 24.0 Å². The molecular formula is C15H19FO4. The first kappa shape index (κ1) is 16.1. The number of carbonyl (C=O) groups is 2. The van der Waals surface area contributed by atoms with Gasteiger partial charge in [0.1, 0.15) is 17.3 Å². The molecule has 0 aliphatic heterocycles. The third-order valence-corrected chi connectivity index (χ3v) is 2.58. The number of Topliss-reactive ketones (excluding diaryl/α,β-unsaturated/α-hetero) is 1. The maximum absolute atomic E-state index is 12.8. The van der Waals surface area contributed by atoms with Gasteiger partial charge in [-0.05, 0) is 51.5 Å². The Bertz CT molecular complexity index is 465. The summed E-state index contributed by atoms with van der Waals surface area (Å²) >= 11 is 0. The largest absolute Gasteiger partial charge is 0.476 e. The maximum atomic E-state index is 12.8. The van der Waals surface area contributed by atoms with Crippen molar-refractivity contribution >= 4 is 11.8 Å². The fourth-order valence-corrected chi connectivity index (χ4v) is 1.50. The summed E-state index contributed by atoms with van der Waals surface area (Å²) in [5.74, 6) is -0.452. The monoisotopic (exact) mass is 282 g/mol. The number of halogens is 1. The van der Waals surface area contributed by atoms with Crippen molar-refractivity contribution in [2.45, 2.75) is 39.2 Å². The van der Waals surface area contributed by atoms with Crippen molar-refractivity contribution in [2.24, 2.45) is 0 Å². The predicted octanol–water partition coefficient (Wildman–Crippen LogP) is 2.90. The minimum absolute atomic E-state index is 0.0582. The standard InChI is InChI=1S/C15H19FO4/c1-11(17)5-4-10-19-14(18)15(2,3)20-13-8-6-12(16)7-9-13/h6-9H,4-5,10H2,1-3H3. The normalized spacial score (nSPS) is 11.0. The number of hydrogen-bond acceptors (Lipinski definition) is 4. The van der Waals surface area contributed by atoms with E-state index in [1.807, 2.05) is 0 Å². The van der Waals surface area contributed by atoms with E-state index in [1.165, 1.54) is 31.2 Å². The number of ketones is 1. The van der Waals surface area contributed by atoms with Gasteiger partial charge in [0.2, 0.25) is 0 Å². The van der Waals surface area contributed by atoms with Crippen LogP contribution in [0.15, 0.2) is 24.3 Å². The Balaban J connectivity index is 2.48. The molecular weight excluding hydrogens is 263 g/mol. The van der Waals surface area contributed by atoms with Crippen LogP contribution in [0.2, 0.25) is 0 Å². The third kappa shape index (κ3) is 5.38. The molecule has 0 N–H and O–H groups in total. The zero-order valence-electron chi connectivity index (χ0n) is 11.9. The topological polar surface area (TPSA) is 52.6 Å². The molecule has 0 aliphatic carbocycles. The fourth-order valence-electron chi connectivity index (χ4n) is 1.50. The number of hydrogen-bond donors (Lipinski definition) is 0. The lowest BCUT2D eigenvalue weighted by molar-refractivity contribution is -0.159. The smallest absolute Gasteiger partial charge is 0.349 e. The molecule has 1 rings (SSSR count). The molecule has 0 amide bonds. The Morgan fingerprint density at radius 1 is 1.20 bits per heavy atom. The molecule has 0 heterocycles. The minimum atomic E-state index is -1.17. The van der Waals surface area contributed by atoms with Gasteiger partial charge in [-0.2, -0.15) is 0 Å². The van der Waals surface area contributed by atoms with E-state index in [1.54, 1.807) is 13.8 Å². The van der Waals surface area contributed by atoms with E-state index in [0.717, 1.165) is 0 Å². The Kier molecular flexibility index (Phi) is 5.67. The zero-order valence-corrected chi connectivity index (χ0v) is 11.9. The van der Waals surface area contributed by atoms with Gasteiger partial charge >= 0.3 is 5.97 Å². The van der Waals surface area contributed by atoms with Gasteiger partial charge in [0.25, 0.3) is 0 Å². The molecule has 20 heavy (non-hydrogen) atoms. The highest BCUT2D eigenvalue weighted by atomic mass is 19.1. The molecule has 1 aromatic carbocycles. The van der Waals surface area contributed by atoms with Crippen molar-refractivity contribution in [1.82, 2.24) is 0 Å². The van der Waals surface area contributed by atoms with Crippen LogP contribution < -0.4 is 4.74 Å². The molecule has 0 saturated carbocycles. The first-order chi connectivity index (χ1) is 9.31. The number of rotatable bonds is 7. The molecule has 0 radical (unpaired) electrons. The van der Waals surface area contributed by atoms with E-state index < -0.39 is 11.6 Å². The quantitative estimate of drug-likeness (QED) is 0.570. The Morgan fingerprint density at radius 2 is 1.80 bits per heavy atom. The van der Waals surface area contributed by atoms with E-state index in [9.17, 15) is 14.0 Å². The van der Waals surface area contributed by atoms with E-state index in [2.05, 4.69) is 0 Å². The first-order valence-corrected chi connectivity index (χ1v) is 6.42. The Hall–Kier alpha value is -1.91. The molecule has 0 aliphatic rings. The van der Waals surface area contributed by atoms with Gasteiger partial charge in [0.05, 0.1) is 6.61 Å². The van der Waals surface area contributed by atoms with Crippen LogP contribution in [0.4, 0.5) is 4.39 Å². The summed E-state index contributed by atoms with van der Waals surface area (Å²) in [5.41, 5.74) is -1.17. The van der Waals surface area contributed by atoms with Crippen LogP contribution in [0, 0.1) is 5.82 Å². The second kappa shape index (κ2) is 7.03. The molecule has 5 heteroatoms. The average molecular weight is 282 g/mol. The van der Waals surface area contributed by atoms with E-state index in [0.29, 0.717) is 18.6 Å². The highest BCUT2D eigenvalue weighted by Gasteiger charge is 2.31. The van der Waals surface area contributed by atoms with Gasteiger partial charge in [-0.15, -0.1) is 0 Å². The molecule has 1 aromatic rings. The van der Waals surface area contributed by atoms with Crippen molar-refractivity contribution in [1.29, 1.82) is 0 Å². The van der Waals surface area contributed by atoms with Crippen molar-refractivity contribution < 1.29 is 23.5 Å².